The summed E-state index contributed by atoms with van der Waals surface area (Å²) >= 11 is 0. The molecule has 118 valence electrons. The Morgan fingerprint density at radius 1 is 1.00 bits per heavy atom. The number of aromatic nitrogens is 2. The largest absolute Gasteiger partial charge is 0.338 e. The number of allylic oxidation sites excluding steroid dienone is 2. The van der Waals surface area contributed by atoms with E-state index in [1.165, 1.54) is 0 Å². The van der Waals surface area contributed by atoms with E-state index in [9.17, 15) is 4.79 Å². The van der Waals surface area contributed by atoms with Gasteiger partial charge in [0, 0.05) is 18.7 Å². The standard InChI is InChI=1S/C19H21N3O/c1-12-13(2)21-18-9-14(7-8-17(18)20-12)19(23)22-10-15-5-3-4-6-16(15)11-22/h3-4,7-9,15-16H,5-6,10-11H2,1-2H3/t15-,16+. The van der Waals surface area contributed by atoms with Crippen LogP contribution in [0.4, 0.5) is 0 Å². The van der Waals surface area contributed by atoms with Gasteiger partial charge in [-0.3, -0.25) is 4.79 Å². The van der Waals surface area contributed by atoms with E-state index in [0.29, 0.717) is 11.8 Å². The summed E-state index contributed by atoms with van der Waals surface area (Å²) in [7, 11) is 0. The number of fused-ring (bicyclic) bond motifs is 2. The van der Waals surface area contributed by atoms with E-state index in [1.54, 1.807) is 0 Å². The van der Waals surface area contributed by atoms with E-state index < -0.39 is 0 Å². The van der Waals surface area contributed by atoms with Crippen LogP contribution in [0.15, 0.2) is 30.4 Å². The van der Waals surface area contributed by atoms with Gasteiger partial charge in [-0.15, -0.1) is 0 Å². The third-order valence-electron chi connectivity index (χ3n) is 5.23. The minimum atomic E-state index is 0.126. The fourth-order valence-electron chi connectivity index (χ4n) is 3.73. The van der Waals surface area contributed by atoms with Gasteiger partial charge in [0.1, 0.15) is 0 Å². The topological polar surface area (TPSA) is 46.1 Å². The van der Waals surface area contributed by atoms with Crippen molar-refractivity contribution in [2.45, 2.75) is 26.7 Å². The SMILES string of the molecule is Cc1nc2ccc(C(=O)N3C[C@H]4CC=CC[C@H]4C3)cc2nc1C. The van der Waals surface area contributed by atoms with Crippen molar-refractivity contribution in [3.05, 3.63) is 47.3 Å². The summed E-state index contributed by atoms with van der Waals surface area (Å²) in [5, 5.41) is 0. The van der Waals surface area contributed by atoms with Gasteiger partial charge in [-0.2, -0.15) is 0 Å². The Kier molecular flexibility index (Phi) is 3.40. The molecule has 2 heterocycles. The summed E-state index contributed by atoms with van der Waals surface area (Å²) in [6.45, 7) is 5.67. The van der Waals surface area contributed by atoms with Crippen molar-refractivity contribution >= 4 is 16.9 Å². The van der Waals surface area contributed by atoms with Gasteiger partial charge in [-0.05, 0) is 56.7 Å². The fraction of sp³-hybridized carbons (Fsp3) is 0.421. The summed E-state index contributed by atoms with van der Waals surface area (Å²) < 4.78 is 0. The quantitative estimate of drug-likeness (QED) is 0.760. The highest BCUT2D eigenvalue weighted by Gasteiger charge is 2.35. The lowest BCUT2D eigenvalue weighted by Crippen LogP contribution is -2.29. The molecular weight excluding hydrogens is 286 g/mol. The van der Waals surface area contributed by atoms with Crippen LogP contribution in [0.2, 0.25) is 0 Å². The monoisotopic (exact) mass is 307 g/mol. The average Bonchev–Trinajstić information content (AvgIpc) is 2.99. The van der Waals surface area contributed by atoms with Crippen molar-refractivity contribution in [2.24, 2.45) is 11.8 Å². The van der Waals surface area contributed by atoms with E-state index in [2.05, 4.69) is 22.1 Å². The minimum absolute atomic E-state index is 0.126. The van der Waals surface area contributed by atoms with Crippen molar-refractivity contribution in [3.63, 3.8) is 0 Å². The van der Waals surface area contributed by atoms with Crippen molar-refractivity contribution in [1.82, 2.24) is 14.9 Å². The predicted molar refractivity (Wildman–Crippen MR) is 90.3 cm³/mol. The number of benzene rings is 1. The molecule has 23 heavy (non-hydrogen) atoms. The summed E-state index contributed by atoms with van der Waals surface area (Å²) in [6.07, 6.45) is 6.73. The van der Waals surface area contributed by atoms with E-state index in [0.717, 1.165) is 53.9 Å². The van der Waals surface area contributed by atoms with Crippen molar-refractivity contribution in [1.29, 1.82) is 0 Å². The molecule has 1 aromatic heterocycles. The molecule has 1 saturated heterocycles. The van der Waals surface area contributed by atoms with Crippen LogP contribution in [0, 0.1) is 25.7 Å². The average molecular weight is 307 g/mol. The van der Waals surface area contributed by atoms with E-state index in [1.807, 2.05) is 36.9 Å². The summed E-state index contributed by atoms with van der Waals surface area (Å²) in [6, 6.07) is 5.68. The molecule has 1 amide bonds. The van der Waals surface area contributed by atoms with Crippen LogP contribution in [0.3, 0.4) is 0 Å². The van der Waals surface area contributed by atoms with Crippen LogP contribution in [-0.2, 0) is 0 Å². The summed E-state index contributed by atoms with van der Waals surface area (Å²) in [5.74, 6) is 1.39. The Bertz CT molecular complexity index is 796. The minimum Gasteiger partial charge on any atom is -0.338 e. The zero-order chi connectivity index (χ0) is 16.0. The number of hydrogen-bond donors (Lipinski definition) is 0. The maximum atomic E-state index is 12.8. The number of nitrogens with zero attached hydrogens (tertiary/aromatic N) is 3. The number of carbonyl (C=O) groups excluding carboxylic acids is 1. The normalized spacial score (nSPS) is 23.3. The Morgan fingerprint density at radius 2 is 1.61 bits per heavy atom. The van der Waals surface area contributed by atoms with Crippen LogP contribution in [-0.4, -0.2) is 33.9 Å². The third kappa shape index (κ3) is 2.52. The van der Waals surface area contributed by atoms with Gasteiger partial charge in [0.2, 0.25) is 0 Å². The zero-order valence-electron chi connectivity index (χ0n) is 13.6. The maximum absolute atomic E-state index is 12.8. The van der Waals surface area contributed by atoms with Gasteiger partial charge in [0.15, 0.2) is 0 Å². The fourth-order valence-corrected chi connectivity index (χ4v) is 3.73. The molecule has 0 radical (unpaired) electrons. The molecule has 0 unspecified atom stereocenters. The highest BCUT2D eigenvalue weighted by atomic mass is 16.2. The lowest BCUT2D eigenvalue weighted by Gasteiger charge is -2.17. The second-order valence-electron chi connectivity index (χ2n) is 6.77. The molecule has 1 aliphatic heterocycles. The highest BCUT2D eigenvalue weighted by Crippen LogP contribution is 2.33. The third-order valence-corrected chi connectivity index (χ3v) is 5.23. The molecule has 1 aromatic carbocycles. The molecule has 2 atom stereocenters. The zero-order valence-corrected chi connectivity index (χ0v) is 13.6. The van der Waals surface area contributed by atoms with Crippen LogP contribution >= 0.6 is 0 Å². The first-order chi connectivity index (χ1) is 11.1. The van der Waals surface area contributed by atoms with Crippen LogP contribution in [0.1, 0.15) is 34.6 Å². The number of carbonyl (C=O) groups is 1. The van der Waals surface area contributed by atoms with Gasteiger partial charge in [-0.1, -0.05) is 12.2 Å². The van der Waals surface area contributed by atoms with Gasteiger partial charge < -0.3 is 4.90 Å². The highest BCUT2D eigenvalue weighted by molar-refractivity contribution is 5.97. The number of likely N-dealkylation sites (tertiary alicyclic amines) is 1. The molecule has 1 fully saturated rings. The second-order valence-corrected chi connectivity index (χ2v) is 6.77. The van der Waals surface area contributed by atoms with Crippen molar-refractivity contribution < 1.29 is 4.79 Å². The van der Waals surface area contributed by atoms with E-state index in [4.69, 9.17) is 0 Å². The Morgan fingerprint density at radius 3 is 2.26 bits per heavy atom. The van der Waals surface area contributed by atoms with E-state index in [-0.39, 0.29) is 5.91 Å². The predicted octanol–water partition coefficient (Wildman–Crippen LogP) is 3.28. The van der Waals surface area contributed by atoms with Crippen LogP contribution in [0.5, 0.6) is 0 Å². The number of hydrogen-bond acceptors (Lipinski definition) is 3. The second kappa shape index (κ2) is 5.44. The molecule has 0 saturated carbocycles. The number of rotatable bonds is 1. The summed E-state index contributed by atoms with van der Waals surface area (Å²) in [4.78, 5) is 24.0. The molecule has 1 aliphatic carbocycles. The number of amides is 1. The maximum Gasteiger partial charge on any atom is 0.253 e. The molecule has 0 N–H and O–H groups in total. The molecule has 0 bridgehead atoms. The van der Waals surface area contributed by atoms with Gasteiger partial charge in [0.05, 0.1) is 22.4 Å². The molecule has 4 rings (SSSR count). The lowest BCUT2D eigenvalue weighted by atomic mass is 9.86. The first kappa shape index (κ1) is 14.4. The Labute approximate surface area is 136 Å². The molecule has 4 nitrogen and oxygen atoms in total. The van der Waals surface area contributed by atoms with E-state index >= 15 is 0 Å². The molecule has 2 aliphatic rings. The Hall–Kier alpha value is -2.23. The first-order valence-corrected chi connectivity index (χ1v) is 8.31. The van der Waals surface area contributed by atoms with Crippen molar-refractivity contribution in [3.8, 4) is 0 Å². The Balaban J connectivity index is 1.61. The van der Waals surface area contributed by atoms with Gasteiger partial charge in [0.25, 0.3) is 5.91 Å². The first-order valence-electron chi connectivity index (χ1n) is 8.31. The molecule has 4 heteroatoms. The molecule has 2 aromatic rings. The van der Waals surface area contributed by atoms with Gasteiger partial charge >= 0.3 is 0 Å². The van der Waals surface area contributed by atoms with Crippen LogP contribution in [0.25, 0.3) is 11.0 Å². The number of aryl methyl sites for hydroxylation is 2. The molecular formula is C19H21N3O. The smallest absolute Gasteiger partial charge is 0.253 e. The molecule has 0 spiro atoms. The van der Waals surface area contributed by atoms with Crippen LogP contribution < -0.4 is 0 Å². The van der Waals surface area contributed by atoms with Gasteiger partial charge in [-0.25, -0.2) is 9.97 Å². The van der Waals surface area contributed by atoms with Crippen molar-refractivity contribution in [2.75, 3.05) is 13.1 Å². The lowest BCUT2D eigenvalue weighted by molar-refractivity contribution is 0.0784. The summed E-state index contributed by atoms with van der Waals surface area (Å²) in [5.41, 5.74) is 4.23.